The summed E-state index contributed by atoms with van der Waals surface area (Å²) in [5, 5.41) is 6.74. The molecule has 0 spiro atoms. The van der Waals surface area contributed by atoms with Crippen molar-refractivity contribution in [1.82, 2.24) is 19.8 Å². The number of hydrogen-bond donors (Lipinski definition) is 1. The highest BCUT2D eigenvalue weighted by Crippen LogP contribution is 2.27. The van der Waals surface area contributed by atoms with Crippen LogP contribution in [0.25, 0.3) is 21.6 Å². The molecule has 1 unspecified atom stereocenters. The summed E-state index contributed by atoms with van der Waals surface area (Å²) in [6, 6.07) is 12.8. The van der Waals surface area contributed by atoms with Crippen LogP contribution in [0.1, 0.15) is 6.92 Å². The first-order chi connectivity index (χ1) is 12.7. The Morgan fingerprint density at radius 2 is 1.88 bits per heavy atom. The van der Waals surface area contributed by atoms with Crippen molar-refractivity contribution in [2.24, 2.45) is 0 Å². The van der Waals surface area contributed by atoms with Gasteiger partial charge in [-0.3, -0.25) is 4.90 Å². The van der Waals surface area contributed by atoms with E-state index in [-0.39, 0.29) is 0 Å². The lowest BCUT2D eigenvalue weighted by atomic mass is 10.2. The second-order valence-electron chi connectivity index (χ2n) is 6.96. The third kappa shape index (κ3) is 3.72. The van der Waals surface area contributed by atoms with Gasteiger partial charge in [0.15, 0.2) is 5.82 Å². The summed E-state index contributed by atoms with van der Waals surface area (Å²) in [6.07, 6.45) is 0. The molecule has 1 atom stereocenters. The second kappa shape index (κ2) is 7.70. The van der Waals surface area contributed by atoms with Crippen LogP contribution in [0.3, 0.4) is 0 Å². The molecule has 1 saturated heterocycles. The van der Waals surface area contributed by atoms with Crippen molar-refractivity contribution in [1.29, 1.82) is 0 Å². The van der Waals surface area contributed by atoms with Gasteiger partial charge in [0.1, 0.15) is 5.82 Å². The molecule has 0 aliphatic carbocycles. The summed E-state index contributed by atoms with van der Waals surface area (Å²) in [5.41, 5.74) is 0.987. The van der Waals surface area contributed by atoms with Gasteiger partial charge < -0.3 is 10.2 Å². The Bertz CT molecular complexity index is 856. The van der Waals surface area contributed by atoms with Gasteiger partial charge in [0, 0.05) is 44.2 Å². The van der Waals surface area contributed by atoms with Crippen LogP contribution in [0.2, 0.25) is 0 Å². The number of likely N-dealkylation sites (N-methyl/N-ethyl adjacent to an activating group) is 1. The number of thiophene rings is 1. The number of piperazine rings is 1. The molecule has 1 fully saturated rings. The van der Waals surface area contributed by atoms with Gasteiger partial charge >= 0.3 is 0 Å². The molecule has 3 heterocycles. The zero-order chi connectivity index (χ0) is 17.9. The number of aromatic nitrogens is 2. The number of nitrogens with one attached hydrogen (secondary N) is 1. The number of hydrogen-bond acceptors (Lipinski definition) is 6. The standard InChI is InChI=1S/C20H25N5S/c1-15(25-11-9-24(2)10-12-25)14-21-19-16-6-3-4-7-17(16)22-20(23-19)18-8-5-13-26-18/h3-8,13,15H,9-12,14H2,1-2H3,(H,21,22,23). The van der Waals surface area contributed by atoms with E-state index in [9.17, 15) is 0 Å². The van der Waals surface area contributed by atoms with E-state index in [0.29, 0.717) is 6.04 Å². The molecular weight excluding hydrogens is 342 g/mol. The molecule has 1 N–H and O–H groups in total. The highest BCUT2D eigenvalue weighted by molar-refractivity contribution is 7.13. The predicted octanol–water partition coefficient (Wildman–Crippen LogP) is 3.41. The fourth-order valence-corrected chi connectivity index (χ4v) is 4.02. The van der Waals surface area contributed by atoms with E-state index >= 15 is 0 Å². The molecule has 3 aromatic rings. The number of fused-ring (bicyclic) bond motifs is 1. The number of benzene rings is 1. The first kappa shape index (κ1) is 17.4. The molecule has 1 aliphatic rings. The van der Waals surface area contributed by atoms with E-state index in [2.05, 4.69) is 52.7 Å². The Labute approximate surface area is 158 Å². The van der Waals surface area contributed by atoms with Crippen molar-refractivity contribution in [3.63, 3.8) is 0 Å². The van der Waals surface area contributed by atoms with Gasteiger partial charge in [-0.1, -0.05) is 18.2 Å². The quantitative estimate of drug-likeness (QED) is 0.749. The summed E-state index contributed by atoms with van der Waals surface area (Å²) >= 11 is 1.67. The Balaban J connectivity index is 1.55. The Hall–Kier alpha value is -2.02. The van der Waals surface area contributed by atoms with Crippen LogP contribution < -0.4 is 5.32 Å². The van der Waals surface area contributed by atoms with Crippen molar-refractivity contribution < 1.29 is 0 Å². The zero-order valence-electron chi connectivity index (χ0n) is 15.4. The van der Waals surface area contributed by atoms with E-state index in [4.69, 9.17) is 9.97 Å². The van der Waals surface area contributed by atoms with Crippen LogP contribution in [-0.4, -0.2) is 65.6 Å². The maximum absolute atomic E-state index is 4.83. The van der Waals surface area contributed by atoms with Gasteiger partial charge in [0.2, 0.25) is 0 Å². The topological polar surface area (TPSA) is 44.3 Å². The van der Waals surface area contributed by atoms with Crippen LogP contribution in [0.15, 0.2) is 41.8 Å². The maximum atomic E-state index is 4.83. The average molecular weight is 368 g/mol. The third-order valence-electron chi connectivity index (χ3n) is 5.07. The van der Waals surface area contributed by atoms with E-state index in [1.54, 1.807) is 11.3 Å². The molecule has 1 aliphatic heterocycles. The molecule has 0 amide bonds. The van der Waals surface area contributed by atoms with E-state index in [1.165, 1.54) is 0 Å². The lowest BCUT2D eigenvalue weighted by Gasteiger charge is -2.36. The molecule has 2 aromatic heterocycles. The Kier molecular flexibility index (Phi) is 5.15. The largest absolute Gasteiger partial charge is 0.368 e. The molecule has 136 valence electrons. The van der Waals surface area contributed by atoms with Crippen molar-refractivity contribution in [2.45, 2.75) is 13.0 Å². The minimum absolute atomic E-state index is 0.475. The molecule has 0 bridgehead atoms. The Morgan fingerprint density at radius 3 is 2.65 bits per heavy atom. The zero-order valence-corrected chi connectivity index (χ0v) is 16.2. The summed E-state index contributed by atoms with van der Waals surface area (Å²) in [5.74, 6) is 1.73. The molecule has 0 radical (unpaired) electrons. The molecule has 26 heavy (non-hydrogen) atoms. The van der Waals surface area contributed by atoms with Gasteiger partial charge in [-0.15, -0.1) is 11.3 Å². The van der Waals surface area contributed by atoms with Crippen molar-refractivity contribution in [2.75, 3.05) is 45.1 Å². The molecule has 5 nitrogen and oxygen atoms in total. The second-order valence-corrected chi connectivity index (χ2v) is 7.91. The third-order valence-corrected chi connectivity index (χ3v) is 5.94. The Morgan fingerprint density at radius 1 is 1.08 bits per heavy atom. The van der Waals surface area contributed by atoms with Gasteiger partial charge in [0.25, 0.3) is 0 Å². The summed E-state index contributed by atoms with van der Waals surface area (Å²) in [7, 11) is 2.19. The van der Waals surface area contributed by atoms with Crippen LogP contribution in [0.4, 0.5) is 5.82 Å². The van der Waals surface area contributed by atoms with Crippen LogP contribution in [-0.2, 0) is 0 Å². The minimum Gasteiger partial charge on any atom is -0.368 e. The van der Waals surface area contributed by atoms with Gasteiger partial charge in [-0.25, -0.2) is 9.97 Å². The minimum atomic E-state index is 0.475. The maximum Gasteiger partial charge on any atom is 0.172 e. The molecule has 6 heteroatoms. The molecule has 1 aromatic carbocycles. The lowest BCUT2D eigenvalue weighted by Crippen LogP contribution is -2.49. The van der Waals surface area contributed by atoms with E-state index in [1.807, 2.05) is 18.2 Å². The number of para-hydroxylation sites is 1. The number of rotatable bonds is 5. The number of nitrogens with zero attached hydrogens (tertiary/aromatic N) is 4. The highest BCUT2D eigenvalue weighted by atomic mass is 32.1. The van der Waals surface area contributed by atoms with Crippen molar-refractivity contribution in [3.05, 3.63) is 41.8 Å². The lowest BCUT2D eigenvalue weighted by molar-refractivity contribution is 0.123. The fraction of sp³-hybridized carbons (Fsp3) is 0.400. The highest BCUT2D eigenvalue weighted by Gasteiger charge is 2.19. The molecule has 4 rings (SSSR count). The normalized spacial score (nSPS) is 17.5. The van der Waals surface area contributed by atoms with E-state index < -0.39 is 0 Å². The summed E-state index contributed by atoms with van der Waals surface area (Å²) in [4.78, 5) is 15.6. The predicted molar refractivity (Wildman–Crippen MR) is 110 cm³/mol. The van der Waals surface area contributed by atoms with Crippen molar-refractivity contribution in [3.8, 4) is 10.7 Å². The smallest absolute Gasteiger partial charge is 0.172 e. The first-order valence-corrected chi connectivity index (χ1v) is 10.1. The van der Waals surface area contributed by atoms with Gasteiger partial charge in [-0.05, 0) is 37.6 Å². The van der Waals surface area contributed by atoms with Crippen LogP contribution in [0, 0.1) is 0 Å². The van der Waals surface area contributed by atoms with Crippen LogP contribution >= 0.6 is 11.3 Å². The van der Waals surface area contributed by atoms with Crippen molar-refractivity contribution >= 4 is 28.1 Å². The fourth-order valence-electron chi connectivity index (χ4n) is 3.36. The molecular formula is C20H25N5S. The van der Waals surface area contributed by atoms with Gasteiger partial charge in [-0.2, -0.15) is 0 Å². The number of anilines is 1. The first-order valence-electron chi connectivity index (χ1n) is 9.18. The average Bonchev–Trinajstić information content (AvgIpc) is 3.21. The molecule has 0 saturated carbocycles. The monoisotopic (exact) mass is 367 g/mol. The summed E-state index contributed by atoms with van der Waals surface area (Å²) in [6.45, 7) is 7.72. The van der Waals surface area contributed by atoms with Gasteiger partial charge in [0.05, 0.1) is 10.4 Å². The SMILES string of the molecule is CC(CNc1nc(-c2cccs2)nc2ccccc12)N1CCN(C)CC1. The van der Waals surface area contributed by atoms with Crippen LogP contribution in [0.5, 0.6) is 0 Å². The van der Waals surface area contributed by atoms with E-state index in [0.717, 1.165) is 60.1 Å². The summed E-state index contributed by atoms with van der Waals surface area (Å²) < 4.78 is 0.